The Balaban J connectivity index is 1.38. The van der Waals surface area contributed by atoms with Gasteiger partial charge in [-0.2, -0.15) is 0 Å². The molecule has 1 N–H and O–H groups in total. The molecule has 1 saturated heterocycles. The number of hydrogen-bond acceptors (Lipinski definition) is 5. The van der Waals surface area contributed by atoms with Crippen molar-refractivity contribution >= 4 is 17.5 Å². The molecule has 2 aliphatic rings. The van der Waals surface area contributed by atoms with Gasteiger partial charge in [0, 0.05) is 17.8 Å². The first-order valence-electron chi connectivity index (χ1n) is 8.76. The fourth-order valence-electron chi connectivity index (χ4n) is 3.14. The van der Waals surface area contributed by atoms with E-state index >= 15 is 0 Å². The van der Waals surface area contributed by atoms with Gasteiger partial charge in [-0.05, 0) is 42.8 Å². The van der Waals surface area contributed by atoms with Crippen LogP contribution in [-0.2, 0) is 9.53 Å². The summed E-state index contributed by atoms with van der Waals surface area (Å²) < 4.78 is 16.1. The maximum absolute atomic E-state index is 12.4. The van der Waals surface area contributed by atoms with Gasteiger partial charge in [-0.3, -0.25) is 9.59 Å². The Bertz CT molecular complexity index is 882. The molecule has 2 heterocycles. The first kappa shape index (κ1) is 17.4. The van der Waals surface area contributed by atoms with Crippen molar-refractivity contribution in [2.24, 2.45) is 0 Å². The standard InChI is InChI=1S/C20H20N2O5/c1-13-3-2-4-15(7-13)22-10-16(25-11-19(22)23)9-21-20(24)14-5-6-17-18(8-14)27-12-26-17/h2-8,16H,9-12H2,1H3,(H,21,24). The summed E-state index contributed by atoms with van der Waals surface area (Å²) in [5.41, 5.74) is 2.41. The maximum Gasteiger partial charge on any atom is 0.253 e. The van der Waals surface area contributed by atoms with Crippen molar-refractivity contribution in [2.45, 2.75) is 13.0 Å². The van der Waals surface area contributed by atoms with Gasteiger partial charge in [0.1, 0.15) is 6.61 Å². The highest BCUT2D eigenvalue weighted by molar-refractivity contribution is 5.96. The summed E-state index contributed by atoms with van der Waals surface area (Å²) >= 11 is 0. The van der Waals surface area contributed by atoms with E-state index in [-0.39, 0.29) is 31.3 Å². The number of benzene rings is 2. The quantitative estimate of drug-likeness (QED) is 0.892. The summed E-state index contributed by atoms with van der Waals surface area (Å²) in [6.45, 7) is 2.85. The van der Waals surface area contributed by atoms with Crippen LogP contribution in [0.15, 0.2) is 42.5 Å². The molecule has 2 amide bonds. The van der Waals surface area contributed by atoms with Crippen molar-refractivity contribution in [3.05, 3.63) is 53.6 Å². The summed E-state index contributed by atoms with van der Waals surface area (Å²) in [6, 6.07) is 12.8. The zero-order chi connectivity index (χ0) is 18.8. The first-order valence-corrected chi connectivity index (χ1v) is 8.76. The number of amides is 2. The maximum atomic E-state index is 12.4. The Hall–Kier alpha value is -3.06. The molecule has 0 spiro atoms. The molecule has 2 aromatic rings. The lowest BCUT2D eigenvalue weighted by atomic mass is 10.1. The zero-order valence-corrected chi connectivity index (χ0v) is 14.9. The van der Waals surface area contributed by atoms with Gasteiger partial charge in [-0.15, -0.1) is 0 Å². The van der Waals surface area contributed by atoms with Crippen molar-refractivity contribution < 1.29 is 23.8 Å². The van der Waals surface area contributed by atoms with E-state index in [2.05, 4.69) is 5.32 Å². The lowest BCUT2D eigenvalue weighted by Gasteiger charge is -2.33. The first-order chi connectivity index (χ1) is 13.1. The van der Waals surface area contributed by atoms with E-state index in [0.29, 0.717) is 30.2 Å². The van der Waals surface area contributed by atoms with Crippen LogP contribution in [0.25, 0.3) is 0 Å². The third-order valence-corrected chi connectivity index (χ3v) is 4.57. The Kier molecular flexibility index (Phi) is 4.68. The van der Waals surface area contributed by atoms with Gasteiger partial charge in [-0.1, -0.05) is 12.1 Å². The number of nitrogens with zero attached hydrogens (tertiary/aromatic N) is 1. The van der Waals surface area contributed by atoms with Crippen molar-refractivity contribution in [1.29, 1.82) is 0 Å². The molecule has 2 aliphatic heterocycles. The van der Waals surface area contributed by atoms with Crippen LogP contribution >= 0.6 is 0 Å². The van der Waals surface area contributed by atoms with E-state index < -0.39 is 0 Å². The molecule has 7 heteroatoms. The molecular weight excluding hydrogens is 348 g/mol. The molecule has 0 saturated carbocycles. The topological polar surface area (TPSA) is 77.1 Å². The molecular formula is C20H20N2O5. The van der Waals surface area contributed by atoms with E-state index in [1.54, 1.807) is 23.1 Å². The SMILES string of the molecule is Cc1cccc(N2CC(CNC(=O)c3ccc4c(c3)OCO4)OCC2=O)c1. The second-order valence-electron chi connectivity index (χ2n) is 6.55. The van der Waals surface area contributed by atoms with Crippen LogP contribution in [0.4, 0.5) is 5.69 Å². The highest BCUT2D eigenvalue weighted by Gasteiger charge is 2.28. The molecule has 1 fully saturated rings. The third kappa shape index (κ3) is 3.73. The van der Waals surface area contributed by atoms with Gasteiger partial charge >= 0.3 is 0 Å². The zero-order valence-electron chi connectivity index (χ0n) is 14.9. The van der Waals surface area contributed by atoms with E-state index in [0.717, 1.165) is 11.3 Å². The lowest BCUT2D eigenvalue weighted by Crippen LogP contribution is -2.50. The molecule has 2 aromatic carbocycles. The second kappa shape index (κ2) is 7.28. The average molecular weight is 368 g/mol. The van der Waals surface area contributed by atoms with E-state index in [4.69, 9.17) is 14.2 Å². The summed E-state index contributed by atoms with van der Waals surface area (Å²) in [4.78, 5) is 26.3. The van der Waals surface area contributed by atoms with Gasteiger partial charge in [0.2, 0.25) is 6.79 Å². The number of rotatable bonds is 4. The van der Waals surface area contributed by atoms with E-state index in [9.17, 15) is 9.59 Å². The minimum absolute atomic E-state index is 0.00149. The molecule has 0 radical (unpaired) electrons. The second-order valence-corrected chi connectivity index (χ2v) is 6.55. The number of hydrogen-bond donors (Lipinski definition) is 1. The number of fused-ring (bicyclic) bond motifs is 1. The lowest BCUT2D eigenvalue weighted by molar-refractivity contribution is -0.129. The van der Waals surface area contributed by atoms with Gasteiger partial charge in [0.25, 0.3) is 11.8 Å². The molecule has 140 valence electrons. The van der Waals surface area contributed by atoms with E-state index in [1.807, 2.05) is 31.2 Å². The molecule has 4 rings (SSSR count). The fourth-order valence-corrected chi connectivity index (χ4v) is 3.14. The Morgan fingerprint density at radius 1 is 1.19 bits per heavy atom. The minimum Gasteiger partial charge on any atom is -0.454 e. The number of nitrogens with one attached hydrogen (secondary N) is 1. The largest absolute Gasteiger partial charge is 0.454 e. The highest BCUT2D eigenvalue weighted by atomic mass is 16.7. The normalized spacial score (nSPS) is 18.5. The number of carbonyl (C=O) groups excluding carboxylic acids is 2. The number of ether oxygens (including phenoxy) is 3. The molecule has 0 aliphatic carbocycles. The van der Waals surface area contributed by atoms with Crippen LogP contribution in [0.3, 0.4) is 0 Å². The molecule has 0 bridgehead atoms. The Labute approximate surface area is 156 Å². The van der Waals surface area contributed by atoms with Crippen LogP contribution in [-0.4, -0.2) is 44.4 Å². The van der Waals surface area contributed by atoms with Crippen molar-refractivity contribution in [2.75, 3.05) is 31.4 Å². The highest BCUT2D eigenvalue weighted by Crippen LogP contribution is 2.32. The van der Waals surface area contributed by atoms with Gasteiger partial charge in [0.05, 0.1) is 12.6 Å². The summed E-state index contributed by atoms with van der Waals surface area (Å²) in [7, 11) is 0. The summed E-state index contributed by atoms with van der Waals surface area (Å²) in [5, 5.41) is 2.86. The average Bonchev–Trinajstić information content (AvgIpc) is 3.15. The van der Waals surface area contributed by atoms with Crippen LogP contribution in [0.2, 0.25) is 0 Å². The van der Waals surface area contributed by atoms with Gasteiger partial charge < -0.3 is 24.4 Å². The predicted octanol–water partition coefficient (Wildman–Crippen LogP) is 1.89. The van der Waals surface area contributed by atoms with E-state index in [1.165, 1.54) is 0 Å². The number of carbonyl (C=O) groups is 2. The van der Waals surface area contributed by atoms with Crippen LogP contribution in [0.5, 0.6) is 11.5 Å². The molecule has 7 nitrogen and oxygen atoms in total. The summed E-state index contributed by atoms with van der Waals surface area (Å²) in [5.74, 6) is 0.886. The van der Waals surface area contributed by atoms with Crippen molar-refractivity contribution in [3.63, 3.8) is 0 Å². The number of aryl methyl sites for hydroxylation is 1. The van der Waals surface area contributed by atoms with Gasteiger partial charge in [0.15, 0.2) is 11.5 Å². The summed E-state index contributed by atoms with van der Waals surface area (Å²) in [6.07, 6.45) is -0.277. The predicted molar refractivity (Wildman–Crippen MR) is 98.2 cm³/mol. The molecule has 0 aromatic heterocycles. The van der Waals surface area contributed by atoms with Crippen LogP contribution < -0.4 is 19.7 Å². The molecule has 1 atom stereocenters. The number of anilines is 1. The molecule has 27 heavy (non-hydrogen) atoms. The van der Waals surface area contributed by atoms with Crippen LogP contribution in [0, 0.1) is 6.92 Å². The third-order valence-electron chi connectivity index (χ3n) is 4.57. The van der Waals surface area contributed by atoms with Crippen molar-refractivity contribution in [3.8, 4) is 11.5 Å². The van der Waals surface area contributed by atoms with Crippen LogP contribution in [0.1, 0.15) is 15.9 Å². The van der Waals surface area contributed by atoms with Crippen molar-refractivity contribution in [1.82, 2.24) is 5.32 Å². The smallest absolute Gasteiger partial charge is 0.253 e. The Morgan fingerprint density at radius 3 is 2.89 bits per heavy atom. The minimum atomic E-state index is -0.277. The fraction of sp³-hybridized carbons (Fsp3) is 0.300. The van der Waals surface area contributed by atoms with Gasteiger partial charge in [-0.25, -0.2) is 0 Å². The molecule has 1 unspecified atom stereocenters. The monoisotopic (exact) mass is 368 g/mol. The Morgan fingerprint density at radius 2 is 2.04 bits per heavy atom. The number of morpholine rings is 1.